The summed E-state index contributed by atoms with van der Waals surface area (Å²) in [6, 6.07) is 9.31. The number of benzene rings is 2. The van der Waals surface area contributed by atoms with Crippen molar-refractivity contribution in [2.75, 3.05) is 6.61 Å². The molecule has 0 bridgehead atoms. The van der Waals surface area contributed by atoms with Crippen molar-refractivity contribution in [3.05, 3.63) is 68.2 Å². The van der Waals surface area contributed by atoms with Gasteiger partial charge >= 0.3 is 0 Å². The zero-order chi connectivity index (χ0) is 19.8. The van der Waals surface area contributed by atoms with Gasteiger partial charge in [-0.25, -0.2) is 4.98 Å². The van der Waals surface area contributed by atoms with Gasteiger partial charge in [0.15, 0.2) is 0 Å². The van der Waals surface area contributed by atoms with Crippen LogP contribution in [0.1, 0.15) is 29.2 Å². The number of nitrogens with one attached hydrogen (secondary N) is 1. The van der Waals surface area contributed by atoms with Crippen molar-refractivity contribution in [1.29, 1.82) is 0 Å². The number of carbonyl (C=O) groups is 1. The van der Waals surface area contributed by atoms with E-state index in [-0.39, 0.29) is 24.1 Å². The molecule has 6 nitrogen and oxygen atoms in total. The minimum absolute atomic E-state index is 0.0776. The number of carbonyl (C=O) groups excluding carboxylic acids is 1. The van der Waals surface area contributed by atoms with Crippen LogP contribution in [-0.4, -0.2) is 22.1 Å². The van der Waals surface area contributed by atoms with Crippen LogP contribution in [-0.2, 0) is 11.3 Å². The van der Waals surface area contributed by atoms with Crippen LogP contribution in [0.25, 0.3) is 10.9 Å². The van der Waals surface area contributed by atoms with Gasteiger partial charge in [0.25, 0.3) is 5.56 Å². The van der Waals surface area contributed by atoms with Gasteiger partial charge in [-0.3, -0.25) is 14.2 Å². The number of ether oxygens (including phenoxy) is 1. The maximum Gasteiger partial charge on any atom is 0.261 e. The Kier molecular flexibility index (Phi) is 4.93. The van der Waals surface area contributed by atoms with E-state index in [0.29, 0.717) is 23.9 Å². The topological polar surface area (TPSA) is 73.2 Å². The predicted octanol–water partition coefficient (Wildman–Crippen LogP) is 3.42. The molecule has 2 heterocycles. The third-order valence-electron chi connectivity index (χ3n) is 4.91. The average molecular weight is 442 g/mol. The molecule has 1 atom stereocenters. The summed E-state index contributed by atoms with van der Waals surface area (Å²) in [4.78, 5) is 29.6. The largest absolute Gasteiger partial charge is 0.493 e. The Morgan fingerprint density at radius 2 is 2.14 bits per heavy atom. The minimum atomic E-state index is -0.236. The number of aromatic nitrogens is 2. The SMILES string of the molecule is Cc1cc(C)c2c(c1)C(NC(=O)Cn1cnc3ccc(Br)cc3c1=O)CCO2. The number of hydrogen-bond acceptors (Lipinski definition) is 4. The molecular formula is C21H20BrN3O3. The van der Waals surface area contributed by atoms with E-state index in [1.165, 1.54) is 10.9 Å². The maximum absolute atomic E-state index is 12.7. The molecule has 1 aliphatic rings. The summed E-state index contributed by atoms with van der Waals surface area (Å²) in [7, 11) is 0. The molecule has 1 aliphatic heterocycles. The van der Waals surface area contributed by atoms with Gasteiger partial charge in [0.05, 0.1) is 29.9 Å². The molecule has 4 rings (SSSR count). The molecule has 28 heavy (non-hydrogen) atoms. The van der Waals surface area contributed by atoms with Crippen LogP contribution >= 0.6 is 15.9 Å². The summed E-state index contributed by atoms with van der Waals surface area (Å²) in [6.45, 7) is 4.51. The first-order valence-electron chi connectivity index (χ1n) is 9.10. The first kappa shape index (κ1) is 18.7. The first-order chi connectivity index (χ1) is 13.4. The number of aryl methyl sites for hydroxylation is 2. The fourth-order valence-corrected chi connectivity index (χ4v) is 4.03. The normalized spacial score (nSPS) is 15.8. The van der Waals surface area contributed by atoms with Crippen LogP contribution in [0.3, 0.4) is 0 Å². The number of fused-ring (bicyclic) bond motifs is 2. The van der Waals surface area contributed by atoms with Gasteiger partial charge in [-0.2, -0.15) is 0 Å². The Morgan fingerprint density at radius 3 is 2.96 bits per heavy atom. The molecule has 1 amide bonds. The molecule has 2 aromatic carbocycles. The lowest BCUT2D eigenvalue weighted by Crippen LogP contribution is -2.36. The van der Waals surface area contributed by atoms with Gasteiger partial charge in [-0.05, 0) is 37.6 Å². The van der Waals surface area contributed by atoms with E-state index in [1.54, 1.807) is 12.1 Å². The van der Waals surface area contributed by atoms with E-state index < -0.39 is 0 Å². The van der Waals surface area contributed by atoms with E-state index in [2.05, 4.69) is 32.3 Å². The van der Waals surface area contributed by atoms with Crippen molar-refractivity contribution in [1.82, 2.24) is 14.9 Å². The highest BCUT2D eigenvalue weighted by Crippen LogP contribution is 2.35. The summed E-state index contributed by atoms with van der Waals surface area (Å²) in [6.07, 6.45) is 2.11. The molecule has 1 unspecified atom stereocenters. The van der Waals surface area contributed by atoms with Gasteiger partial charge < -0.3 is 10.1 Å². The van der Waals surface area contributed by atoms with Gasteiger partial charge in [-0.15, -0.1) is 0 Å². The zero-order valence-electron chi connectivity index (χ0n) is 15.7. The second-order valence-corrected chi connectivity index (χ2v) is 8.01. The van der Waals surface area contributed by atoms with Crippen LogP contribution in [0.2, 0.25) is 0 Å². The second-order valence-electron chi connectivity index (χ2n) is 7.10. The van der Waals surface area contributed by atoms with E-state index in [4.69, 9.17) is 4.74 Å². The number of nitrogens with zero attached hydrogens (tertiary/aromatic N) is 2. The number of halogens is 1. The highest BCUT2D eigenvalue weighted by Gasteiger charge is 2.25. The van der Waals surface area contributed by atoms with Crippen molar-refractivity contribution in [2.45, 2.75) is 32.9 Å². The third-order valence-corrected chi connectivity index (χ3v) is 5.40. The van der Waals surface area contributed by atoms with Crippen molar-refractivity contribution in [2.24, 2.45) is 0 Å². The van der Waals surface area contributed by atoms with Crippen LogP contribution < -0.4 is 15.6 Å². The highest BCUT2D eigenvalue weighted by atomic mass is 79.9. The van der Waals surface area contributed by atoms with E-state index >= 15 is 0 Å². The molecule has 0 radical (unpaired) electrons. The number of rotatable bonds is 3. The second kappa shape index (κ2) is 7.39. The molecule has 0 saturated heterocycles. The quantitative estimate of drug-likeness (QED) is 0.675. The zero-order valence-corrected chi connectivity index (χ0v) is 17.2. The first-order valence-corrected chi connectivity index (χ1v) is 9.89. The molecule has 144 valence electrons. The summed E-state index contributed by atoms with van der Waals surface area (Å²) in [5.41, 5.74) is 3.55. The fourth-order valence-electron chi connectivity index (χ4n) is 3.67. The lowest BCUT2D eigenvalue weighted by Gasteiger charge is -2.28. The van der Waals surface area contributed by atoms with Gasteiger partial charge in [-0.1, -0.05) is 33.6 Å². The third kappa shape index (κ3) is 3.54. The predicted molar refractivity (Wildman–Crippen MR) is 111 cm³/mol. The van der Waals surface area contributed by atoms with Crippen molar-refractivity contribution in [3.63, 3.8) is 0 Å². The smallest absolute Gasteiger partial charge is 0.261 e. The van der Waals surface area contributed by atoms with Gasteiger partial charge in [0.1, 0.15) is 12.3 Å². The highest BCUT2D eigenvalue weighted by molar-refractivity contribution is 9.10. The molecule has 0 spiro atoms. The molecule has 7 heteroatoms. The molecular weight excluding hydrogens is 422 g/mol. The summed E-state index contributed by atoms with van der Waals surface area (Å²) >= 11 is 3.37. The summed E-state index contributed by atoms with van der Waals surface area (Å²) in [5, 5.41) is 3.53. The molecule has 1 N–H and O–H groups in total. The Bertz CT molecular complexity index is 1140. The van der Waals surface area contributed by atoms with Crippen molar-refractivity contribution in [3.8, 4) is 5.75 Å². The van der Waals surface area contributed by atoms with Gasteiger partial charge in [0, 0.05) is 16.5 Å². The lowest BCUT2D eigenvalue weighted by molar-refractivity contribution is -0.122. The molecule has 1 aromatic heterocycles. The molecule has 0 saturated carbocycles. The summed E-state index contributed by atoms with van der Waals surface area (Å²) in [5.74, 6) is 0.617. The lowest BCUT2D eigenvalue weighted by atomic mass is 9.95. The van der Waals surface area contributed by atoms with E-state index in [0.717, 1.165) is 26.9 Å². The molecule has 3 aromatic rings. The fraction of sp³-hybridized carbons (Fsp3) is 0.286. The monoisotopic (exact) mass is 441 g/mol. The van der Waals surface area contributed by atoms with Crippen molar-refractivity contribution < 1.29 is 9.53 Å². The van der Waals surface area contributed by atoms with Gasteiger partial charge in [0.2, 0.25) is 5.91 Å². The van der Waals surface area contributed by atoms with E-state index in [1.807, 2.05) is 26.0 Å². The number of hydrogen-bond donors (Lipinski definition) is 1. The Morgan fingerprint density at radius 1 is 1.32 bits per heavy atom. The number of amides is 1. The molecule has 0 fully saturated rings. The Labute approximate surface area is 170 Å². The Balaban J connectivity index is 1.57. The summed E-state index contributed by atoms with van der Waals surface area (Å²) < 4.78 is 7.93. The van der Waals surface area contributed by atoms with Crippen LogP contribution in [0, 0.1) is 13.8 Å². The average Bonchev–Trinajstić information content (AvgIpc) is 2.65. The van der Waals surface area contributed by atoms with E-state index in [9.17, 15) is 9.59 Å². The maximum atomic E-state index is 12.7. The standard InChI is InChI=1S/C21H20BrN3O3/c1-12-7-13(2)20-15(8-12)18(5-6-28-20)24-19(26)10-25-11-23-17-4-3-14(22)9-16(17)21(25)27/h3-4,7-9,11,18H,5-6,10H2,1-2H3,(H,24,26). The van der Waals surface area contributed by atoms with Crippen LogP contribution in [0.15, 0.2) is 45.9 Å². The van der Waals surface area contributed by atoms with Crippen LogP contribution in [0.4, 0.5) is 0 Å². The molecule has 0 aliphatic carbocycles. The van der Waals surface area contributed by atoms with Crippen molar-refractivity contribution >= 4 is 32.7 Å². The van der Waals surface area contributed by atoms with Crippen LogP contribution in [0.5, 0.6) is 5.75 Å². The minimum Gasteiger partial charge on any atom is -0.493 e. The Hall–Kier alpha value is -2.67.